The fourth-order valence-electron chi connectivity index (χ4n) is 8.28. The number of halogens is 4. The molecule has 1 fully saturated rings. The number of aromatic nitrogens is 2. The van der Waals surface area contributed by atoms with E-state index in [9.17, 15) is 24.3 Å². The lowest BCUT2D eigenvalue weighted by Crippen LogP contribution is -2.49. The molecule has 5 aromatic rings. The molecule has 3 heterocycles. The van der Waals surface area contributed by atoms with Crippen molar-refractivity contribution < 1.29 is 29.0 Å². The Balaban J connectivity index is 0.775. The Hall–Kier alpha value is -5.84. The Morgan fingerprint density at radius 2 is 1.44 bits per heavy atom. The molecule has 1 saturated heterocycles. The first-order valence-corrected chi connectivity index (χ1v) is 25.0. The van der Waals surface area contributed by atoms with Gasteiger partial charge in [0.2, 0.25) is 11.8 Å². The summed E-state index contributed by atoms with van der Waals surface area (Å²) in [7, 11) is 0. The van der Waals surface area contributed by atoms with E-state index < -0.39 is 18.1 Å². The molecular weight excluding hydrogens is 986 g/mol. The Bertz CT molecular complexity index is 2680. The Morgan fingerprint density at radius 3 is 2.11 bits per heavy atom. The standard InChI is InChI=1S/C53H56Cl4N8O6/c54-43-15-11-35(23-45(43)56)21-39-30-65(31-40(51(39)68)22-36-12-16-44(55)46(57)24-36)53(70)47(58)25-34-9-13-42(14-10-34)71-20-6-2-1-5-18-59-50(67)28-60-49-26-48(62-33-63-49)52(69)61-27-41(66)32-64-19-17-37-7-3-4-8-38(37)29-64/h3-4,7-16,21-24,26,33,41,47,66H,1-2,5-6,17-20,25,27-32,58H2,(H,59,67)(H,61,69)(H,60,62,63)/b39-21+,40-22+/t41-,47-/m0/s1. The Morgan fingerprint density at radius 1 is 0.775 bits per heavy atom. The second kappa shape index (κ2) is 26.0. The predicted molar refractivity (Wildman–Crippen MR) is 280 cm³/mol. The van der Waals surface area contributed by atoms with Gasteiger partial charge in [0.15, 0.2) is 5.78 Å². The van der Waals surface area contributed by atoms with Gasteiger partial charge in [0.05, 0.1) is 45.4 Å². The second-order valence-corrected chi connectivity index (χ2v) is 19.2. The van der Waals surface area contributed by atoms with Gasteiger partial charge in [0.1, 0.15) is 23.6 Å². The van der Waals surface area contributed by atoms with E-state index >= 15 is 0 Å². The van der Waals surface area contributed by atoms with E-state index in [1.54, 1.807) is 53.5 Å². The van der Waals surface area contributed by atoms with Gasteiger partial charge in [-0.05, 0) is 102 Å². The summed E-state index contributed by atoms with van der Waals surface area (Å²) in [6.45, 7) is 3.27. The van der Waals surface area contributed by atoms with Crippen LogP contribution in [-0.4, -0.2) is 113 Å². The minimum atomic E-state index is -0.873. The zero-order valence-corrected chi connectivity index (χ0v) is 42.0. The number of unbranched alkanes of at least 4 members (excludes halogenated alkanes) is 3. The van der Waals surface area contributed by atoms with Gasteiger partial charge in [-0.2, -0.15) is 0 Å². The summed E-state index contributed by atoms with van der Waals surface area (Å²) in [5.74, 6) is -0.132. The first-order valence-electron chi connectivity index (χ1n) is 23.5. The molecule has 6 N–H and O–H groups in total. The smallest absolute Gasteiger partial charge is 0.270 e. The predicted octanol–water partition coefficient (Wildman–Crippen LogP) is 7.86. The topological polar surface area (TPSA) is 192 Å². The molecule has 0 aliphatic carbocycles. The van der Waals surface area contributed by atoms with Crippen LogP contribution in [0, 0.1) is 0 Å². The van der Waals surface area contributed by atoms with Crippen molar-refractivity contribution in [3.8, 4) is 5.75 Å². The number of likely N-dealkylation sites (tertiary alicyclic amines) is 1. The van der Waals surface area contributed by atoms with Crippen LogP contribution in [0.25, 0.3) is 12.2 Å². The van der Waals surface area contributed by atoms with Crippen LogP contribution in [0.4, 0.5) is 5.82 Å². The van der Waals surface area contributed by atoms with Crippen LogP contribution in [0.2, 0.25) is 20.1 Å². The van der Waals surface area contributed by atoms with Crippen molar-refractivity contribution in [1.82, 2.24) is 30.4 Å². The fraction of sp³-hybridized carbons (Fsp3) is 0.321. The Kier molecular flexibility index (Phi) is 19.4. The Labute approximate surface area is 433 Å². The third kappa shape index (κ3) is 15.8. The van der Waals surface area contributed by atoms with E-state index in [-0.39, 0.29) is 55.9 Å². The number of hydrogen-bond donors (Lipinski definition) is 5. The molecule has 18 heteroatoms. The minimum Gasteiger partial charge on any atom is -0.494 e. The van der Waals surface area contributed by atoms with Gasteiger partial charge in [0.25, 0.3) is 5.91 Å². The number of piperidine rings is 1. The number of anilines is 1. The second-order valence-electron chi connectivity index (χ2n) is 17.5. The first kappa shape index (κ1) is 53.0. The molecule has 4 aromatic carbocycles. The maximum atomic E-state index is 13.9. The monoisotopic (exact) mass is 1040 g/mol. The van der Waals surface area contributed by atoms with E-state index in [4.69, 9.17) is 56.9 Å². The molecule has 71 heavy (non-hydrogen) atoms. The van der Waals surface area contributed by atoms with Crippen LogP contribution in [0.1, 0.15) is 64.0 Å². The number of aliphatic hydroxyl groups excluding tert-OH is 1. The number of carbonyl (C=O) groups excluding carboxylic acids is 4. The van der Waals surface area contributed by atoms with E-state index in [0.29, 0.717) is 73.6 Å². The number of Topliss-reactive ketones (excluding diaryl/α,β-unsaturated/α-hetero) is 1. The van der Waals surface area contributed by atoms with E-state index in [0.717, 1.165) is 50.8 Å². The number of benzene rings is 4. The van der Waals surface area contributed by atoms with Crippen LogP contribution >= 0.6 is 46.4 Å². The average Bonchev–Trinajstić information content (AvgIpc) is 3.37. The summed E-state index contributed by atoms with van der Waals surface area (Å²) in [4.78, 5) is 64.8. The molecule has 2 atom stereocenters. The minimum absolute atomic E-state index is 0.0213. The molecule has 14 nitrogen and oxygen atoms in total. The highest BCUT2D eigenvalue weighted by atomic mass is 35.5. The summed E-state index contributed by atoms with van der Waals surface area (Å²) >= 11 is 24.8. The fourth-order valence-corrected chi connectivity index (χ4v) is 8.90. The zero-order valence-electron chi connectivity index (χ0n) is 39.0. The number of β-amino-alcohol motifs (C(OH)–C–C–N with tert-alkyl or cyclic N) is 1. The zero-order chi connectivity index (χ0) is 50.3. The van der Waals surface area contributed by atoms with E-state index in [1.807, 2.05) is 36.4 Å². The molecule has 0 unspecified atom stereocenters. The number of ketones is 1. The highest BCUT2D eigenvalue weighted by molar-refractivity contribution is 6.42. The van der Waals surface area contributed by atoms with Gasteiger partial charge in [-0.1, -0.05) is 108 Å². The number of fused-ring (bicyclic) bond motifs is 1. The van der Waals surface area contributed by atoms with Gasteiger partial charge in [-0.3, -0.25) is 24.1 Å². The van der Waals surface area contributed by atoms with Crippen LogP contribution in [0.15, 0.2) is 108 Å². The third-order valence-corrected chi connectivity index (χ3v) is 13.5. The maximum Gasteiger partial charge on any atom is 0.270 e. The summed E-state index contributed by atoms with van der Waals surface area (Å²) in [6.07, 6.45) is 8.56. The van der Waals surface area contributed by atoms with Crippen molar-refractivity contribution in [3.63, 3.8) is 0 Å². The van der Waals surface area contributed by atoms with Crippen molar-refractivity contribution in [1.29, 1.82) is 0 Å². The molecular formula is C53H56Cl4N8O6. The van der Waals surface area contributed by atoms with Crippen LogP contribution < -0.4 is 26.4 Å². The van der Waals surface area contributed by atoms with Crippen LogP contribution in [0.3, 0.4) is 0 Å². The van der Waals surface area contributed by atoms with Gasteiger partial charge >= 0.3 is 0 Å². The number of carbonyl (C=O) groups is 4. The van der Waals surface area contributed by atoms with Crippen LogP contribution in [-0.2, 0) is 33.8 Å². The van der Waals surface area contributed by atoms with Crippen molar-refractivity contribution in [2.75, 3.05) is 57.7 Å². The number of aliphatic hydroxyl groups is 1. The van der Waals surface area contributed by atoms with Gasteiger partial charge < -0.3 is 36.4 Å². The van der Waals surface area contributed by atoms with Gasteiger partial charge in [0, 0.05) is 63.0 Å². The van der Waals surface area contributed by atoms with E-state index in [2.05, 4.69) is 43.0 Å². The normalized spacial score (nSPS) is 15.8. The molecule has 0 radical (unpaired) electrons. The SMILES string of the molecule is N[C@@H](Cc1ccc(OCCCCCCNC(=O)CNc2cc(C(=O)NC[C@H](O)CN3CCc4ccccc4C3)ncn2)cc1)C(=O)N1C/C(=C\c2ccc(Cl)c(Cl)c2)C(=O)/C(=C/c2ccc(Cl)c(Cl)c2)C1. The van der Waals surface area contributed by atoms with Crippen molar-refractivity contribution in [2.24, 2.45) is 5.73 Å². The molecule has 2 aliphatic rings. The largest absolute Gasteiger partial charge is 0.494 e. The lowest BCUT2D eigenvalue weighted by molar-refractivity contribution is -0.132. The number of nitrogens with one attached hydrogen (secondary N) is 3. The van der Waals surface area contributed by atoms with Gasteiger partial charge in [-0.15, -0.1) is 0 Å². The number of nitrogens with zero attached hydrogens (tertiary/aromatic N) is 4. The van der Waals surface area contributed by atoms with Crippen molar-refractivity contribution in [3.05, 3.63) is 162 Å². The highest BCUT2D eigenvalue weighted by Gasteiger charge is 2.32. The highest BCUT2D eigenvalue weighted by Crippen LogP contribution is 2.29. The number of nitrogens with two attached hydrogens (primary N) is 1. The molecule has 0 spiro atoms. The molecule has 7 rings (SSSR count). The summed E-state index contributed by atoms with van der Waals surface area (Å²) in [6, 6.07) is 26.5. The van der Waals surface area contributed by atoms with E-state index in [1.165, 1.54) is 23.5 Å². The lowest BCUT2D eigenvalue weighted by atomic mass is 9.93. The number of amides is 3. The summed E-state index contributed by atoms with van der Waals surface area (Å²) < 4.78 is 5.96. The molecule has 0 bridgehead atoms. The van der Waals surface area contributed by atoms with Crippen LogP contribution in [0.5, 0.6) is 5.75 Å². The quantitative estimate of drug-likeness (QED) is 0.0355. The molecule has 0 saturated carbocycles. The van der Waals surface area contributed by atoms with Crippen molar-refractivity contribution in [2.45, 2.75) is 57.2 Å². The number of rotatable bonds is 21. The number of hydrogen-bond acceptors (Lipinski definition) is 11. The average molecular weight is 1040 g/mol. The molecule has 1 aromatic heterocycles. The lowest BCUT2D eigenvalue weighted by Gasteiger charge is -2.32. The molecule has 372 valence electrons. The summed E-state index contributed by atoms with van der Waals surface area (Å²) in [5.41, 5.74) is 12.2. The third-order valence-electron chi connectivity index (χ3n) is 12.1. The first-order chi connectivity index (χ1) is 34.3. The molecule has 2 aliphatic heterocycles. The van der Waals surface area contributed by atoms with Crippen molar-refractivity contribution >= 4 is 87.9 Å². The molecule has 3 amide bonds. The van der Waals surface area contributed by atoms with Gasteiger partial charge in [-0.25, -0.2) is 9.97 Å². The number of ether oxygens (including phenoxy) is 1. The summed E-state index contributed by atoms with van der Waals surface area (Å²) in [5, 5.41) is 20.6. The maximum absolute atomic E-state index is 13.9.